The van der Waals surface area contributed by atoms with Gasteiger partial charge in [-0.05, 0) is 7.05 Å². The number of nitrogens with zero attached hydrogens (tertiary/aromatic N) is 3. The summed E-state index contributed by atoms with van der Waals surface area (Å²) in [6.07, 6.45) is 1.62. The van der Waals surface area contributed by atoms with E-state index in [9.17, 15) is 9.59 Å². The summed E-state index contributed by atoms with van der Waals surface area (Å²) >= 11 is 1.39. The van der Waals surface area contributed by atoms with Crippen LogP contribution in [0, 0.1) is 0 Å². The normalized spacial score (nSPS) is 19.3. The average Bonchev–Trinajstić information content (AvgIpc) is 2.90. The molecule has 9 heteroatoms. The summed E-state index contributed by atoms with van der Waals surface area (Å²) in [4.78, 5) is 30.7. The van der Waals surface area contributed by atoms with Crippen LogP contribution < -0.4 is 11.1 Å². The van der Waals surface area contributed by atoms with E-state index in [1.54, 1.807) is 6.20 Å². The predicted octanol–water partition coefficient (Wildman–Crippen LogP) is -0.800. The van der Waals surface area contributed by atoms with Crippen LogP contribution >= 0.6 is 11.3 Å². The van der Waals surface area contributed by atoms with E-state index in [4.69, 9.17) is 10.5 Å². The van der Waals surface area contributed by atoms with Crippen LogP contribution in [0.1, 0.15) is 0 Å². The van der Waals surface area contributed by atoms with Crippen LogP contribution in [0.2, 0.25) is 0 Å². The second-order valence-corrected chi connectivity index (χ2v) is 6.17. The maximum Gasteiger partial charge on any atom is 0.240 e. The van der Waals surface area contributed by atoms with Gasteiger partial charge in [0, 0.05) is 31.2 Å². The number of hydrogen-bond acceptors (Lipinski definition) is 7. The van der Waals surface area contributed by atoms with Crippen molar-refractivity contribution in [3.8, 4) is 0 Å². The SMILES string of the molecule is CN(CC(N)=O)CC1CN(CC(=O)Nc2nccs2)CCO1. The van der Waals surface area contributed by atoms with Crippen molar-refractivity contribution in [1.82, 2.24) is 14.8 Å². The van der Waals surface area contributed by atoms with E-state index < -0.39 is 0 Å². The van der Waals surface area contributed by atoms with Crippen molar-refractivity contribution in [2.45, 2.75) is 6.10 Å². The molecule has 2 amide bonds. The Morgan fingerprint density at radius 3 is 3.14 bits per heavy atom. The number of hydrogen-bond donors (Lipinski definition) is 2. The molecule has 8 nitrogen and oxygen atoms in total. The van der Waals surface area contributed by atoms with Gasteiger partial charge in [-0.15, -0.1) is 11.3 Å². The first-order valence-electron chi connectivity index (χ1n) is 7.03. The minimum Gasteiger partial charge on any atom is -0.374 e. The van der Waals surface area contributed by atoms with Gasteiger partial charge in [-0.25, -0.2) is 4.98 Å². The first-order chi connectivity index (χ1) is 10.5. The quantitative estimate of drug-likeness (QED) is 0.680. The van der Waals surface area contributed by atoms with E-state index in [1.807, 2.05) is 22.2 Å². The van der Waals surface area contributed by atoms with Crippen molar-refractivity contribution in [1.29, 1.82) is 0 Å². The zero-order chi connectivity index (χ0) is 15.9. The Balaban J connectivity index is 1.75. The van der Waals surface area contributed by atoms with Crippen molar-refractivity contribution in [2.24, 2.45) is 5.73 Å². The maximum absolute atomic E-state index is 12.0. The summed E-state index contributed by atoms with van der Waals surface area (Å²) in [5, 5.41) is 5.19. The molecular formula is C13H21N5O3S. The fourth-order valence-electron chi connectivity index (χ4n) is 2.36. The van der Waals surface area contributed by atoms with Gasteiger partial charge in [0.1, 0.15) is 0 Å². The van der Waals surface area contributed by atoms with Crippen molar-refractivity contribution >= 4 is 28.3 Å². The molecular weight excluding hydrogens is 306 g/mol. The van der Waals surface area contributed by atoms with Crippen LogP contribution in [0.3, 0.4) is 0 Å². The molecule has 3 N–H and O–H groups in total. The molecule has 0 aromatic carbocycles. The molecule has 0 bridgehead atoms. The lowest BCUT2D eigenvalue weighted by atomic mass is 10.2. The fourth-order valence-corrected chi connectivity index (χ4v) is 2.90. The number of amides is 2. The number of carbonyl (C=O) groups excluding carboxylic acids is 2. The number of morpholine rings is 1. The molecule has 1 aliphatic rings. The molecule has 1 aromatic rings. The Hall–Kier alpha value is -1.55. The van der Waals surface area contributed by atoms with Crippen LogP contribution in [-0.4, -0.2) is 79.1 Å². The molecule has 1 unspecified atom stereocenters. The van der Waals surface area contributed by atoms with Crippen molar-refractivity contribution < 1.29 is 14.3 Å². The summed E-state index contributed by atoms with van der Waals surface area (Å²) in [6, 6.07) is 0. The van der Waals surface area contributed by atoms with Crippen molar-refractivity contribution in [3.05, 3.63) is 11.6 Å². The summed E-state index contributed by atoms with van der Waals surface area (Å²) < 4.78 is 5.67. The van der Waals surface area contributed by atoms with Gasteiger partial charge in [-0.3, -0.25) is 19.4 Å². The average molecular weight is 327 g/mol. The Bertz CT molecular complexity index is 496. The zero-order valence-corrected chi connectivity index (χ0v) is 13.3. The van der Waals surface area contributed by atoms with E-state index in [1.165, 1.54) is 11.3 Å². The van der Waals surface area contributed by atoms with E-state index in [0.717, 1.165) is 0 Å². The van der Waals surface area contributed by atoms with Gasteiger partial charge >= 0.3 is 0 Å². The number of thiazole rings is 1. The van der Waals surface area contributed by atoms with E-state index in [-0.39, 0.29) is 24.5 Å². The maximum atomic E-state index is 12.0. The molecule has 0 spiro atoms. The van der Waals surface area contributed by atoms with E-state index >= 15 is 0 Å². The van der Waals surface area contributed by atoms with Crippen molar-refractivity contribution in [3.63, 3.8) is 0 Å². The molecule has 1 aliphatic heterocycles. The monoisotopic (exact) mass is 327 g/mol. The lowest BCUT2D eigenvalue weighted by molar-refractivity contribution is -0.120. The molecule has 2 heterocycles. The first-order valence-corrected chi connectivity index (χ1v) is 7.91. The van der Waals surface area contributed by atoms with Gasteiger partial charge < -0.3 is 15.8 Å². The number of anilines is 1. The molecule has 22 heavy (non-hydrogen) atoms. The Labute approximate surface area is 133 Å². The summed E-state index contributed by atoms with van der Waals surface area (Å²) in [5.41, 5.74) is 5.17. The number of ether oxygens (including phenoxy) is 1. The number of primary amides is 1. The van der Waals surface area contributed by atoms with Gasteiger partial charge in [0.05, 0.1) is 25.8 Å². The Kier molecular flexibility index (Phi) is 6.25. The lowest BCUT2D eigenvalue weighted by Gasteiger charge is -2.34. The van der Waals surface area contributed by atoms with Crippen LogP contribution in [0.4, 0.5) is 5.13 Å². The summed E-state index contributed by atoms with van der Waals surface area (Å²) in [7, 11) is 1.82. The highest BCUT2D eigenvalue weighted by atomic mass is 32.1. The van der Waals surface area contributed by atoms with Crippen LogP contribution in [0.25, 0.3) is 0 Å². The molecule has 2 rings (SSSR count). The van der Waals surface area contributed by atoms with Gasteiger partial charge in [-0.2, -0.15) is 0 Å². The van der Waals surface area contributed by atoms with Crippen LogP contribution in [-0.2, 0) is 14.3 Å². The minimum absolute atomic E-state index is 0.0363. The van der Waals surface area contributed by atoms with Crippen LogP contribution in [0.5, 0.6) is 0 Å². The Morgan fingerprint density at radius 2 is 2.45 bits per heavy atom. The standard InChI is InChI=1S/C13H21N5O3S/c1-17(8-11(14)19)6-10-7-18(3-4-21-10)9-12(20)16-13-15-2-5-22-13/h2,5,10H,3-4,6-9H2,1H3,(H2,14,19)(H,15,16,20). The summed E-state index contributed by atoms with van der Waals surface area (Å²) in [6.45, 7) is 3.03. The molecule has 1 saturated heterocycles. The fraction of sp³-hybridized carbons (Fsp3) is 0.615. The predicted molar refractivity (Wildman–Crippen MR) is 83.6 cm³/mol. The number of aromatic nitrogens is 1. The second kappa shape index (κ2) is 8.18. The minimum atomic E-state index is -0.363. The summed E-state index contributed by atoms with van der Waals surface area (Å²) in [5.74, 6) is -0.445. The highest BCUT2D eigenvalue weighted by molar-refractivity contribution is 7.13. The number of carbonyl (C=O) groups is 2. The molecule has 0 aliphatic carbocycles. The third kappa shape index (κ3) is 5.68. The molecule has 1 atom stereocenters. The third-order valence-electron chi connectivity index (χ3n) is 3.21. The number of likely N-dealkylation sites (N-methyl/N-ethyl adjacent to an activating group) is 1. The highest BCUT2D eigenvalue weighted by Gasteiger charge is 2.23. The molecule has 122 valence electrons. The number of nitrogens with one attached hydrogen (secondary N) is 1. The van der Waals surface area contributed by atoms with Gasteiger partial charge in [0.15, 0.2) is 5.13 Å². The van der Waals surface area contributed by atoms with Gasteiger partial charge in [0.25, 0.3) is 0 Å². The first kappa shape index (κ1) is 16.8. The molecule has 1 aromatic heterocycles. The number of nitrogens with two attached hydrogens (primary N) is 1. The smallest absolute Gasteiger partial charge is 0.240 e. The topological polar surface area (TPSA) is 101 Å². The molecule has 1 fully saturated rings. The lowest BCUT2D eigenvalue weighted by Crippen LogP contribution is -2.49. The third-order valence-corrected chi connectivity index (χ3v) is 3.90. The van der Waals surface area contributed by atoms with Gasteiger partial charge in [0.2, 0.25) is 11.8 Å². The highest BCUT2D eigenvalue weighted by Crippen LogP contribution is 2.11. The van der Waals surface area contributed by atoms with E-state index in [2.05, 4.69) is 10.3 Å². The Morgan fingerprint density at radius 1 is 1.64 bits per heavy atom. The zero-order valence-electron chi connectivity index (χ0n) is 12.5. The van der Waals surface area contributed by atoms with E-state index in [0.29, 0.717) is 37.9 Å². The van der Waals surface area contributed by atoms with Crippen molar-refractivity contribution in [2.75, 3.05) is 51.7 Å². The molecule has 0 radical (unpaired) electrons. The van der Waals surface area contributed by atoms with Gasteiger partial charge in [-0.1, -0.05) is 0 Å². The van der Waals surface area contributed by atoms with Crippen LogP contribution in [0.15, 0.2) is 11.6 Å². The second-order valence-electron chi connectivity index (χ2n) is 5.28. The number of rotatable bonds is 7. The molecule has 0 saturated carbocycles. The largest absolute Gasteiger partial charge is 0.374 e.